The number of rotatable bonds is 2. The van der Waals surface area contributed by atoms with Gasteiger partial charge in [0.15, 0.2) is 0 Å². The van der Waals surface area contributed by atoms with Crippen molar-refractivity contribution in [2.45, 2.75) is 0 Å². The van der Waals surface area contributed by atoms with Crippen molar-refractivity contribution in [2.75, 3.05) is 41.7 Å². The highest BCUT2D eigenvalue weighted by Gasteiger charge is 2.19. The lowest BCUT2D eigenvalue weighted by Crippen LogP contribution is -2.47. The summed E-state index contributed by atoms with van der Waals surface area (Å²) in [6.45, 7) is 3.75. The van der Waals surface area contributed by atoms with Gasteiger partial charge in [0, 0.05) is 43.0 Å². The molecule has 0 spiro atoms. The van der Waals surface area contributed by atoms with E-state index in [-0.39, 0.29) is 0 Å². The fourth-order valence-electron chi connectivity index (χ4n) is 2.42. The van der Waals surface area contributed by atoms with Gasteiger partial charge in [-0.2, -0.15) is 0 Å². The van der Waals surface area contributed by atoms with E-state index in [0.717, 1.165) is 47.8 Å². The summed E-state index contributed by atoms with van der Waals surface area (Å²) in [4.78, 5) is 13.1. The highest BCUT2D eigenvalue weighted by Crippen LogP contribution is 2.24. The third-order valence-corrected chi connectivity index (χ3v) is 3.95. The summed E-state index contributed by atoms with van der Waals surface area (Å²) in [6.07, 6.45) is 5.33. The number of aromatic nitrogens is 2. The second-order valence-electron chi connectivity index (χ2n) is 4.74. The van der Waals surface area contributed by atoms with Gasteiger partial charge >= 0.3 is 0 Å². The maximum absolute atomic E-state index is 5.98. The lowest BCUT2D eigenvalue weighted by molar-refractivity contribution is 0.648. The molecule has 3 rings (SSSR count). The van der Waals surface area contributed by atoms with Gasteiger partial charge in [-0.05, 0) is 34.1 Å². The number of piperazine rings is 1. The number of nitrogens with zero attached hydrogens (tertiary/aromatic N) is 4. The van der Waals surface area contributed by atoms with Crippen LogP contribution in [0.5, 0.6) is 0 Å². The van der Waals surface area contributed by atoms with Gasteiger partial charge in [0.1, 0.15) is 5.82 Å². The van der Waals surface area contributed by atoms with Gasteiger partial charge < -0.3 is 15.5 Å². The lowest BCUT2D eigenvalue weighted by atomic mass is 10.2. The Morgan fingerprint density at radius 3 is 2.40 bits per heavy atom. The van der Waals surface area contributed by atoms with Gasteiger partial charge in [-0.25, -0.2) is 4.98 Å². The van der Waals surface area contributed by atoms with E-state index in [0.29, 0.717) is 0 Å². The van der Waals surface area contributed by atoms with E-state index in [4.69, 9.17) is 5.73 Å². The van der Waals surface area contributed by atoms with E-state index in [1.807, 2.05) is 24.4 Å². The Morgan fingerprint density at radius 1 is 1.00 bits per heavy atom. The molecule has 5 nitrogen and oxygen atoms in total. The van der Waals surface area contributed by atoms with Crippen LogP contribution in [0.2, 0.25) is 0 Å². The first-order valence-electron chi connectivity index (χ1n) is 6.55. The molecule has 6 heteroatoms. The Labute approximate surface area is 126 Å². The predicted octanol–water partition coefficient (Wildman–Crippen LogP) is 2.15. The van der Waals surface area contributed by atoms with Crippen molar-refractivity contribution in [3.05, 3.63) is 41.3 Å². The summed E-state index contributed by atoms with van der Waals surface area (Å²) >= 11 is 3.41. The first-order valence-corrected chi connectivity index (χ1v) is 7.34. The number of hydrogen-bond donors (Lipinski definition) is 1. The molecule has 0 amide bonds. The largest absolute Gasteiger partial charge is 0.396 e. The smallest absolute Gasteiger partial charge is 0.128 e. The van der Waals surface area contributed by atoms with Crippen LogP contribution < -0.4 is 15.5 Å². The zero-order valence-corrected chi connectivity index (χ0v) is 12.6. The van der Waals surface area contributed by atoms with Crippen LogP contribution in [0, 0.1) is 0 Å². The molecule has 0 saturated carbocycles. The second-order valence-corrected chi connectivity index (χ2v) is 5.66. The monoisotopic (exact) mass is 333 g/mol. The summed E-state index contributed by atoms with van der Waals surface area (Å²) in [5.74, 6) is 1.02. The highest BCUT2D eigenvalue weighted by atomic mass is 79.9. The Hall–Kier alpha value is -1.82. The minimum Gasteiger partial charge on any atom is -0.396 e. The van der Waals surface area contributed by atoms with Crippen molar-refractivity contribution in [1.29, 1.82) is 0 Å². The first-order chi connectivity index (χ1) is 9.74. The third kappa shape index (κ3) is 2.70. The second kappa shape index (κ2) is 5.66. The molecule has 104 valence electrons. The number of nitrogen functional groups attached to an aromatic ring is 1. The molecule has 0 unspecified atom stereocenters. The Balaban J connectivity index is 1.68. The molecule has 2 N–H and O–H groups in total. The van der Waals surface area contributed by atoms with Crippen LogP contribution in [-0.4, -0.2) is 36.1 Å². The average Bonchev–Trinajstić information content (AvgIpc) is 2.49. The van der Waals surface area contributed by atoms with Crippen LogP contribution in [0.3, 0.4) is 0 Å². The molecular weight excluding hydrogens is 318 g/mol. The number of halogens is 1. The van der Waals surface area contributed by atoms with E-state index < -0.39 is 0 Å². The normalized spacial score (nSPS) is 15.4. The van der Waals surface area contributed by atoms with Gasteiger partial charge in [0.25, 0.3) is 0 Å². The first kappa shape index (κ1) is 13.2. The van der Waals surface area contributed by atoms with Crippen molar-refractivity contribution in [3.63, 3.8) is 0 Å². The maximum atomic E-state index is 5.98. The molecule has 1 saturated heterocycles. The molecule has 1 fully saturated rings. The molecule has 2 aromatic heterocycles. The van der Waals surface area contributed by atoms with E-state index in [1.165, 1.54) is 0 Å². The Kier molecular flexibility index (Phi) is 3.73. The SMILES string of the molecule is Nc1cnccc1N1CCN(c2ccc(Br)cn2)CC1. The van der Waals surface area contributed by atoms with Gasteiger partial charge in [-0.3, -0.25) is 4.98 Å². The number of hydrogen-bond acceptors (Lipinski definition) is 5. The molecule has 3 heterocycles. The summed E-state index contributed by atoms with van der Waals surface area (Å²) in [5, 5.41) is 0. The van der Waals surface area contributed by atoms with Gasteiger partial charge in [-0.1, -0.05) is 0 Å². The van der Waals surface area contributed by atoms with Crippen molar-refractivity contribution >= 4 is 33.1 Å². The van der Waals surface area contributed by atoms with Crippen LogP contribution in [0.1, 0.15) is 0 Å². The molecule has 0 aliphatic carbocycles. The molecule has 1 aliphatic rings. The molecule has 0 aromatic carbocycles. The van der Waals surface area contributed by atoms with Gasteiger partial charge in [-0.15, -0.1) is 0 Å². The van der Waals surface area contributed by atoms with Crippen LogP contribution in [-0.2, 0) is 0 Å². The van der Waals surface area contributed by atoms with E-state index >= 15 is 0 Å². The summed E-state index contributed by atoms with van der Waals surface area (Å²) in [7, 11) is 0. The average molecular weight is 334 g/mol. The van der Waals surface area contributed by atoms with Crippen LogP contribution in [0.15, 0.2) is 41.3 Å². The molecule has 1 aliphatic heterocycles. The molecule has 0 bridgehead atoms. The molecule has 0 atom stereocenters. The fourth-order valence-corrected chi connectivity index (χ4v) is 2.65. The number of nitrogens with two attached hydrogens (primary N) is 1. The highest BCUT2D eigenvalue weighted by molar-refractivity contribution is 9.10. The summed E-state index contributed by atoms with van der Waals surface area (Å²) in [5.41, 5.74) is 7.79. The van der Waals surface area contributed by atoms with Crippen molar-refractivity contribution in [2.24, 2.45) is 0 Å². The zero-order valence-electron chi connectivity index (χ0n) is 11.0. The number of anilines is 3. The minimum absolute atomic E-state index is 0.739. The quantitative estimate of drug-likeness (QED) is 0.912. The maximum Gasteiger partial charge on any atom is 0.128 e. The predicted molar refractivity (Wildman–Crippen MR) is 85.0 cm³/mol. The van der Waals surface area contributed by atoms with E-state index in [2.05, 4.69) is 35.7 Å². The fraction of sp³-hybridized carbons (Fsp3) is 0.286. The standard InChI is InChI=1S/C14H16BrN5/c15-11-1-2-14(18-9-11)20-7-5-19(6-8-20)13-3-4-17-10-12(13)16/h1-4,9-10H,5-8,16H2. The Bertz CT molecular complexity index is 578. The van der Waals surface area contributed by atoms with Crippen molar-refractivity contribution in [3.8, 4) is 0 Å². The van der Waals surface area contributed by atoms with Gasteiger partial charge in [0.2, 0.25) is 0 Å². The summed E-state index contributed by atoms with van der Waals surface area (Å²) in [6, 6.07) is 6.04. The zero-order chi connectivity index (χ0) is 13.9. The van der Waals surface area contributed by atoms with Gasteiger partial charge in [0.05, 0.1) is 17.6 Å². The van der Waals surface area contributed by atoms with E-state index in [9.17, 15) is 0 Å². The lowest BCUT2D eigenvalue weighted by Gasteiger charge is -2.37. The number of pyridine rings is 2. The minimum atomic E-state index is 0.739. The van der Waals surface area contributed by atoms with Crippen LogP contribution in [0.25, 0.3) is 0 Å². The molecule has 20 heavy (non-hydrogen) atoms. The molecule has 2 aromatic rings. The topological polar surface area (TPSA) is 58.3 Å². The molecular formula is C14H16BrN5. The molecule has 0 radical (unpaired) electrons. The summed E-state index contributed by atoms with van der Waals surface area (Å²) < 4.78 is 1.00. The van der Waals surface area contributed by atoms with Crippen molar-refractivity contribution in [1.82, 2.24) is 9.97 Å². The van der Waals surface area contributed by atoms with Crippen LogP contribution in [0.4, 0.5) is 17.2 Å². The van der Waals surface area contributed by atoms with Crippen LogP contribution >= 0.6 is 15.9 Å². The Morgan fingerprint density at radius 2 is 1.75 bits per heavy atom. The van der Waals surface area contributed by atoms with Crippen molar-refractivity contribution < 1.29 is 0 Å². The van der Waals surface area contributed by atoms with E-state index in [1.54, 1.807) is 12.4 Å². The third-order valence-electron chi connectivity index (χ3n) is 3.48.